The number of rotatable bonds is 4. The Balaban J connectivity index is 2.07. The van der Waals surface area contributed by atoms with Crippen molar-refractivity contribution in [3.8, 4) is 0 Å². The van der Waals surface area contributed by atoms with Gasteiger partial charge >= 0.3 is 0 Å². The Morgan fingerprint density at radius 3 is 2.86 bits per heavy atom. The number of hydrogen-bond acceptors (Lipinski definition) is 5. The molecule has 1 N–H and O–H groups in total. The summed E-state index contributed by atoms with van der Waals surface area (Å²) in [6.07, 6.45) is 2.77. The van der Waals surface area contributed by atoms with Crippen molar-refractivity contribution in [2.45, 2.75) is 0 Å². The maximum absolute atomic E-state index is 11.6. The first-order valence-electron chi connectivity index (χ1n) is 5.76. The van der Waals surface area contributed by atoms with E-state index in [2.05, 4.69) is 15.5 Å². The van der Waals surface area contributed by atoms with Crippen LogP contribution >= 0.6 is 11.6 Å². The van der Waals surface area contributed by atoms with Gasteiger partial charge in [-0.25, -0.2) is 5.43 Å². The Bertz CT molecular complexity index is 704. The molecule has 1 aromatic heterocycles. The quantitative estimate of drug-likeness (QED) is 0.533. The van der Waals surface area contributed by atoms with Gasteiger partial charge in [0.25, 0.3) is 11.6 Å². The predicted octanol–water partition coefficient (Wildman–Crippen LogP) is 2.41. The number of benzene rings is 1. The van der Waals surface area contributed by atoms with Crippen molar-refractivity contribution in [2.24, 2.45) is 5.10 Å². The average Bonchev–Trinajstić information content (AvgIpc) is 2.49. The summed E-state index contributed by atoms with van der Waals surface area (Å²) < 4.78 is 0. The minimum absolute atomic E-state index is 0.0367. The van der Waals surface area contributed by atoms with E-state index in [0.29, 0.717) is 5.56 Å². The van der Waals surface area contributed by atoms with Crippen LogP contribution in [0.5, 0.6) is 0 Å². The van der Waals surface area contributed by atoms with E-state index in [-0.39, 0.29) is 16.4 Å². The van der Waals surface area contributed by atoms with Crippen LogP contribution in [0.2, 0.25) is 5.02 Å². The fourth-order valence-electron chi connectivity index (χ4n) is 1.47. The summed E-state index contributed by atoms with van der Waals surface area (Å²) in [5, 5.41) is 14.5. The topological polar surface area (TPSA) is 97.5 Å². The lowest BCUT2D eigenvalue weighted by Crippen LogP contribution is -2.18. The first kappa shape index (κ1) is 14.6. The number of hydrogen-bond donors (Lipinski definition) is 1. The number of carbonyl (C=O) groups is 1. The van der Waals surface area contributed by atoms with Crippen LogP contribution in [0.25, 0.3) is 0 Å². The Hall–Kier alpha value is -2.80. The number of pyridine rings is 1. The van der Waals surface area contributed by atoms with Crippen LogP contribution in [0.4, 0.5) is 5.69 Å². The van der Waals surface area contributed by atoms with E-state index in [4.69, 9.17) is 11.6 Å². The highest BCUT2D eigenvalue weighted by molar-refractivity contribution is 6.32. The van der Waals surface area contributed by atoms with E-state index in [0.717, 1.165) is 0 Å². The molecule has 0 fully saturated rings. The summed E-state index contributed by atoms with van der Waals surface area (Å²) in [6, 6.07) is 9.10. The summed E-state index contributed by atoms with van der Waals surface area (Å²) >= 11 is 5.69. The lowest BCUT2D eigenvalue weighted by molar-refractivity contribution is -0.384. The molecule has 0 aliphatic heterocycles. The molecule has 0 aliphatic carbocycles. The number of halogens is 1. The molecule has 7 nitrogen and oxygen atoms in total. The minimum Gasteiger partial charge on any atom is -0.266 e. The number of nitrogens with one attached hydrogen (secondary N) is 1. The van der Waals surface area contributed by atoms with Gasteiger partial charge in [0, 0.05) is 17.8 Å². The molecule has 2 rings (SSSR count). The van der Waals surface area contributed by atoms with Crippen molar-refractivity contribution in [3.05, 3.63) is 69.0 Å². The van der Waals surface area contributed by atoms with Gasteiger partial charge in [-0.2, -0.15) is 5.10 Å². The molecule has 0 unspecified atom stereocenters. The van der Waals surface area contributed by atoms with E-state index < -0.39 is 10.8 Å². The second kappa shape index (κ2) is 6.58. The highest BCUT2D eigenvalue weighted by Gasteiger charge is 2.11. The van der Waals surface area contributed by atoms with E-state index in [1.54, 1.807) is 18.2 Å². The number of nitro groups is 1. The van der Waals surface area contributed by atoms with Crippen molar-refractivity contribution in [2.75, 3.05) is 0 Å². The first-order chi connectivity index (χ1) is 10.1. The molecule has 0 spiro atoms. The predicted molar refractivity (Wildman–Crippen MR) is 77.4 cm³/mol. The Kier molecular flexibility index (Phi) is 4.57. The normalized spacial score (nSPS) is 10.5. The van der Waals surface area contributed by atoms with Gasteiger partial charge in [0.15, 0.2) is 0 Å². The number of amides is 1. The SMILES string of the molecule is O=C(N/N=C\c1ccc(Cl)c([N+](=O)[O-])c1)c1ccccn1. The molecule has 0 bridgehead atoms. The van der Waals surface area contributed by atoms with E-state index >= 15 is 0 Å². The fourth-order valence-corrected chi connectivity index (χ4v) is 1.66. The number of nitrogens with zero attached hydrogens (tertiary/aromatic N) is 3. The average molecular weight is 305 g/mol. The van der Waals surface area contributed by atoms with Gasteiger partial charge in [0.05, 0.1) is 11.1 Å². The zero-order chi connectivity index (χ0) is 15.2. The zero-order valence-electron chi connectivity index (χ0n) is 10.6. The minimum atomic E-state index is -0.591. The van der Waals surface area contributed by atoms with Crippen LogP contribution in [-0.4, -0.2) is 22.0 Å². The number of hydrazone groups is 1. The van der Waals surface area contributed by atoms with E-state index in [1.807, 2.05) is 0 Å². The van der Waals surface area contributed by atoms with Crippen molar-refractivity contribution in [1.29, 1.82) is 0 Å². The molecule has 2 aromatic rings. The summed E-state index contributed by atoms with van der Waals surface area (Å²) in [4.78, 5) is 25.7. The van der Waals surface area contributed by atoms with Crippen LogP contribution in [0.3, 0.4) is 0 Å². The van der Waals surface area contributed by atoms with Crippen LogP contribution in [0.1, 0.15) is 16.1 Å². The Labute approximate surface area is 124 Å². The molecule has 0 radical (unpaired) electrons. The van der Waals surface area contributed by atoms with Gasteiger partial charge in [0.1, 0.15) is 10.7 Å². The Morgan fingerprint density at radius 1 is 1.38 bits per heavy atom. The lowest BCUT2D eigenvalue weighted by atomic mass is 10.2. The van der Waals surface area contributed by atoms with Crippen molar-refractivity contribution < 1.29 is 9.72 Å². The zero-order valence-corrected chi connectivity index (χ0v) is 11.3. The molecule has 0 atom stereocenters. The third-order valence-electron chi connectivity index (χ3n) is 2.44. The van der Waals surface area contributed by atoms with Gasteiger partial charge in [-0.15, -0.1) is 0 Å². The smallest absolute Gasteiger partial charge is 0.266 e. The highest BCUT2D eigenvalue weighted by atomic mass is 35.5. The molecule has 0 saturated carbocycles. The second-order valence-electron chi connectivity index (χ2n) is 3.88. The molecular formula is C13H9ClN4O3. The molecule has 1 amide bonds. The highest BCUT2D eigenvalue weighted by Crippen LogP contribution is 2.24. The van der Waals surface area contributed by atoms with Gasteiger partial charge < -0.3 is 0 Å². The van der Waals surface area contributed by atoms with E-state index in [9.17, 15) is 14.9 Å². The van der Waals surface area contributed by atoms with Crippen LogP contribution in [-0.2, 0) is 0 Å². The Morgan fingerprint density at radius 2 is 2.19 bits per heavy atom. The standard InChI is InChI=1S/C13H9ClN4O3/c14-10-5-4-9(7-12(10)18(20)21)8-16-17-13(19)11-3-1-2-6-15-11/h1-8H,(H,17,19)/b16-8-. The van der Waals surface area contributed by atoms with Crippen LogP contribution in [0.15, 0.2) is 47.7 Å². The summed E-state index contributed by atoms with van der Waals surface area (Å²) in [5.74, 6) is -0.477. The summed E-state index contributed by atoms with van der Waals surface area (Å²) in [7, 11) is 0. The molecule has 8 heteroatoms. The third-order valence-corrected chi connectivity index (χ3v) is 2.76. The molecule has 21 heavy (non-hydrogen) atoms. The van der Waals surface area contributed by atoms with Gasteiger partial charge in [-0.05, 0) is 18.2 Å². The second-order valence-corrected chi connectivity index (χ2v) is 4.29. The number of carbonyl (C=O) groups excluding carboxylic acids is 1. The van der Waals surface area contributed by atoms with E-state index in [1.165, 1.54) is 30.6 Å². The fraction of sp³-hybridized carbons (Fsp3) is 0. The summed E-state index contributed by atoms with van der Waals surface area (Å²) in [5.41, 5.74) is 2.71. The third kappa shape index (κ3) is 3.83. The molecule has 106 valence electrons. The first-order valence-corrected chi connectivity index (χ1v) is 6.14. The number of nitro benzene ring substituents is 1. The van der Waals surface area contributed by atoms with Gasteiger partial charge in [0.2, 0.25) is 0 Å². The monoisotopic (exact) mass is 304 g/mol. The van der Waals surface area contributed by atoms with Crippen LogP contribution < -0.4 is 5.43 Å². The summed E-state index contributed by atoms with van der Waals surface area (Å²) in [6.45, 7) is 0. The molecule has 0 saturated heterocycles. The van der Waals surface area contributed by atoms with Crippen molar-refractivity contribution in [3.63, 3.8) is 0 Å². The molecule has 0 aliphatic rings. The molecule has 1 heterocycles. The molecular weight excluding hydrogens is 296 g/mol. The van der Waals surface area contributed by atoms with Crippen molar-refractivity contribution >= 4 is 29.4 Å². The van der Waals surface area contributed by atoms with Gasteiger partial charge in [-0.1, -0.05) is 23.7 Å². The molecule has 1 aromatic carbocycles. The van der Waals surface area contributed by atoms with Crippen molar-refractivity contribution in [1.82, 2.24) is 10.4 Å². The maximum atomic E-state index is 11.6. The van der Waals surface area contributed by atoms with Crippen LogP contribution in [0, 0.1) is 10.1 Å². The largest absolute Gasteiger partial charge is 0.289 e. The van der Waals surface area contributed by atoms with Gasteiger partial charge in [-0.3, -0.25) is 19.9 Å². The lowest BCUT2D eigenvalue weighted by Gasteiger charge is -1.99. The number of aromatic nitrogens is 1. The maximum Gasteiger partial charge on any atom is 0.289 e.